The van der Waals surface area contributed by atoms with E-state index in [1.165, 1.54) is 24.2 Å². The number of aryl methyl sites for hydroxylation is 1. The number of rotatable bonds is 5. The Labute approximate surface area is 231 Å². The molecule has 9 nitrogen and oxygen atoms in total. The summed E-state index contributed by atoms with van der Waals surface area (Å²) < 4.78 is 0. The molecule has 10 heteroatoms. The van der Waals surface area contributed by atoms with Gasteiger partial charge in [0.25, 0.3) is 5.91 Å². The minimum Gasteiger partial charge on any atom is -0.508 e. The predicted molar refractivity (Wildman–Crippen MR) is 147 cm³/mol. The van der Waals surface area contributed by atoms with Gasteiger partial charge < -0.3 is 26.2 Å². The Hall–Kier alpha value is -2.82. The number of nitrogens with two attached hydrogens (primary N) is 1. The van der Waals surface area contributed by atoms with Crippen LogP contribution in [0.1, 0.15) is 60.8 Å². The number of amides is 1. The van der Waals surface area contributed by atoms with Crippen molar-refractivity contribution in [3.8, 4) is 5.75 Å². The molecule has 0 heterocycles. The molecular weight excluding hydrogens is 520 g/mol. The summed E-state index contributed by atoms with van der Waals surface area (Å²) in [6.07, 6.45) is 6.33. The molecule has 2 fully saturated rings. The molecule has 5 rings (SSSR count). The lowest BCUT2D eigenvalue weighted by Crippen LogP contribution is -2.65. The number of carbonyl (C=O) groups is 3. The van der Waals surface area contributed by atoms with Crippen molar-refractivity contribution < 1.29 is 34.8 Å². The van der Waals surface area contributed by atoms with E-state index in [0.717, 1.165) is 18.4 Å². The lowest BCUT2D eigenvalue weighted by molar-refractivity contribution is -0.153. The second kappa shape index (κ2) is 9.98. The number of aliphatic hydroxyl groups is 3. The number of fused-ring (bicyclic) bond motifs is 3. The maximum Gasteiger partial charge on any atom is 0.255 e. The first-order valence-corrected chi connectivity index (χ1v) is 14.5. The van der Waals surface area contributed by atoms with Crippen LogP contribution >= 0.6 is 11.8 Å². The normalized spacial score (nSPS) is 29.4. The first-order chi connectivity index (χ1) is 18.4. The molecule has 0 bridgehead atoms. The van der Waals surface area contributed by atoms with Gasteiger partial charge in [-0.3, -0.25) is 19.3 Å². The fraction of sp³-hybridized carbons (Fsp3) is 0.552. The maximum atomic E-state index is 14.0. The third kappa shape index (κ3) is 4.19. The molecule has 6 N–H and O–H groups in total. The van der Waals surface area contributed by atoms with Gasteiger partial charge in [0.15, 0.2) is 11.4 Å². The van der Waals surface area contributed by atoms with Crippen molar-refractivity contribution in [3.63, 3.8) is 0 Å². The molecule has 2 saturated carbocycles. The van der Waals surface area contributed by atoms with Crippen LogP contribution in [0.2, 0.25) is 0 Å². The van der Waals surface area contributed by atoms with Crippen LogP contribution in [0.5, 0.6) is 5.75 Å². The highest BCUT2D eigenvalue weighted by Gasteiger charge is 2.64. The molecule has 1 aromatic carbocycles. The zero-order valence-corrected chi connectivity index (χ0v) is 23.3. The number of nitrogens with zero attached hydrogens (tertiary/aromatic N) is 1. The topological polar surface area (TPSA) is 161 Å². The number of phenolic OH excluding ortho intramolecular Hbond substituents is 1. The lowest BCUT2D eigenvalue weighted by Gasteiger charge is -2.50. The van der Waals surface area contributed by atoms with Gasteiger partial charge in [0.2, 0.25) is 5.78 Å². The van der Waals surface area contributed by atoms with Crippen LogP contribution in [-0.2, 0) is 26.6 Å². The molecular formula is C29H36N2O7S. The van der Waals surface area contributed by atoms with Gasteiger partial charge in [0, 0.05) is 28.1 Å². The summed E-state index contributed by atoms with van der Waals surface area (Å²) in [7, 11) is 3.17. The number of aromatic hydroxyl groups is 1. The summed E-state index contributed by atoms with van der Waals surface area (Å²) in [6, 6.07) is 0.847. The van der Waals surface area contributed by atoms with E-state index in [2.05, 4.69) is 0 Å². The molecule has 1 aromatic rings. The lowest BCUT2D eigenvalue weighted by atomic mass is 9.57. The monoisotopic (exact) mass is 556 g/mol. The molecule has 4 aliphatic rings. The van der Waals surface area contributed by atoms with Crippen LogP contribution in [0.4, 0.5) is 0 Å². The molecule has 0 saturated heterocycles. The zero-order valence-electron chi connectivity index (χ0n) is 22.5. The van der Waals surface area contributed by atoms with Crippen molar-refractivity contribution in [3.05, 3.63) is 45.2 Å². The molecule has 0 aromatic heterocycles. The van der Waals surface area contributed by atoms with E-state index in [-0.39, 0.29) is 23.3 Å². The number of primary amides is 1. The fourth-order valence-corrected chi connectivity index (χ4v) is 8.42. The first-order valence-electron chi connectivity index (χ1n) is 13.5. The van der Waals surface area contributed by atoms with Crippen LogP contribution in [-0.4, -0.2) is 73.8 Å². The first kappa shape index (κ1) is 27.7. The van der Waals surface area contributed by atoms with Gasteiger partial charge >= 0.3 is 0 Å². The Morgan fingerprint density at radius 1 is 1.15 bits per heavy atom. The fourth-order valence-electron chi connectivity index (χ4n) is 7.12. The largest absolute Gasteiger partial charge is 0.508 e. The van der Waals surface area contributed by atoms with Crippen molar-refractivity contribution in [2.45, 2.75) is 74.5 Å². The summed E-state index contributed by atoms with van der Waals surface area (Å²) in [5.41, 5.74) is 4.26. The van der Waals surface area contributed by atoms with Gasteiger partial charge in [0.05, 0.1) is 11.6 Å². The van der Waals surface area contributed by atoms with E-state index in [0.29, 0.717) is 28.6 Å². The molecule has 1 unspecified atom stereocenters. The zero-order chi connectivity index (χ0) is 28.4. The van der Waals surface area contributed by atoms with E-state index in [1.54, 1.807) is 25.9 Å². The number of carbonyl (C=O) groups excluding carboxylic acids is 3. The summed E-state index contributed by atoms with van der Waals surface area (Å²) in [4.78, 5) is 40.8. The van der Waals surface area contributed by atoms with Crippen molar-refractivity contribution >= 4 is 35.0 Å². The van der Waals surface area contributed by atoms with Crippen molar-refractivity contribution in [1.82, 2.24) is 4.90 Å². The van der Waals surface area contributed by atoms with Crippen molar-refractivity contribution in [2.75, 3.05) is 14.1 Å². The molecule has 210 valence electrons. The quantitative estimate of drug-likeness (QED) is 0.343. The Bertz CT molecular complexity index is 1330. The van der Waals surface area contributed by atoms with Crippen molar-refractivity contribution in [2.24, 2.45) is 17.6 Å². The van der Waals surface area contributed by atoms with Crippen LogP contribution in [0.25, 0.3) is 5.76 Å². The minimum absolute atomic E-state index is 0.0885. The number of thioether (sulfide) groups is 1. The van der Waals surface area contributed by atoms with Gasteiger partial charge in [-0.2, -0.15) is 11.8 Å². The van der Waals surface area contributed by atoms with E-state index < -0.39 is 58.0 Å². The van der Waals surface area contributed by atoms with Gasteiger partial charge in [-0.05, 0) is 63.7 Å². The highest BCUT2D eigenvalue weighted by molar-refractivity contribution is 7.99. The third-order valence-electron chi connectivity index (χ3n) is 9.05. The van der Waals surface area contributed by atoms with E-state index in [1.807, 2.05) is 13.0 Å². The Kier molecular flexibility index (Phi) is 7.10. The Morgan fingerprint density at radius 2 is 1.82 bits per heavy atom. The third-order valence-corrected chi connectivity index (χ3v) is 10.5. The Balaban J connectivity index is 1.60. The average Bonchev–Trinajstić information content (AvgIpc) is 2.87. The van der Waals surface area contributed by atoms with E-state index >= 15 is 0 Å². The molecule has 0 radical (unpaired) electrons. The maximum absolute atomic E-state index is 14.0. The van der Waals surface area contributed by atoms with Crippen LogP contribution in [0.15, 0.2) is 23.0 Å². The summed E-state index contributed by atoms with van der Waals surface area (Å²) in [5, 5.41) is 46.0. The van der Waals surface area contributed by atoms with Gasteiger partial charge in [-0.15, -0.1) is 0 Å². The number of hydrogen-bond acceptors (Lipinski definition) is 9. The van der Waals surface area contributed by atoms with Crippen molar-refractivity contribution in [1.29, 1.82) is 0 Å². The average molecular weight is 557 g/mol. The number of benzene rings is 1. The van der Waals surface area contributed by atoms with E-state index in [9.17, 15) is 34.8 Å². The number of hydrogen-bond donors (Lipinski definition) is 5. The molecule has 0 spiro atoms. The summed E-state index contributed by atoms with van der Waals surface area (Å²) in [5.74, 6) is -5.65. The molecule has 4 aliphatic carbocycles. The predicted octanol–water partition coefficient (Wildman–Crippen LogP) is 2.84. The molecule has 0 aliphatic heterocycles. The van der Waals surface area contributed by atoms with Gasteiger partial charge in [-0.1, -0.05) is 25.3 Å². The van der Waals surface area contributed by atoms with E-state index in [4.69, 9.17) is 5.73 Å². The molecule has 1 amide bonds. The second-order valence-corrected chi connectivity index (χ2v) is 12.9. The number of phenols is 1. The number of aliphatic hydroxyl groups excluding tert-OH is 2. The highest BCUT2D eigenvalue weighted by atomic mass is 32.2. The second-order valence-electron chi connectivity index (χ2n) is 11.6. The standard InChI is InChI=1S/C29H36N2O7S/c1-13-9-15(12-39-16-7-5-4-6-8-16)23(32)20-17(13)10-14-11-18-22(31(2)3)25(34)21(28(30)37)27(36)29(18,38)26(35)19(14)24(20)33/h9,14,16,18,22,32-33,36,38H,4-8,10-12H2,1-3H3,(H2,30,37)/t14-,18-,22?,29-/m0/s1. The summed E-state index contributed by atoms with van der Waals surface area (Å²) in [6.45, 7) is 1.91. The van der Waals surface area contributed by atoms with Crippen LogP contribution in [0, 0.1) is 18.8 Å². The van der Waals surface area contributed by atoms with Crippen LogP contribution in [0.3, 0.4) is 0 Å². The summed E-state index contributed by atoms with van der Waals surface area (Å²) >= 11 is 1.78. The number of likely N-dealkylation sites (N-methyl/N-ethyl adjacent to an activating group) is 1. The highest BCUT2D eigenvalue weighted by Crippen LogP contribution is 2.53. The number of ketones is 2. The van der Waals surface area contributed by atoms with Crippen LogP contribution < -0.4 is 5.73 Å². The molecule has 39 heavy (non-hydrogen) atoms. The smallest absolute Gasteiger partial charge is 0.255 e. The molecule has 4 atom stereocenters. The van der Waals surface area contributed by atoms with Gasteiger partial charge in [-0.25, -0.2) is 0 Å². The Morgan fingerprint density at radius 3 is 2.44 bits per heavy atom. The minimum atomic E-state index is -2.62. The SMILES string of the molecule is Cc1cc(CSC2CCCCC2)c(O)c2c1C[C@H]1C[C@H]3C(N(C)C)C(=O)C(C(N)=O)=C(O)[C@@]3(O)C(=O)C1=C2O. The van der Waals surface area contributed by atoms with Gasteiger partial charge in [0.1, 0.15) is 22.8 Å². The number of Topliss-reactive ketones (excluding diaryl/α,β-unsaturated/α-hetero) is 2.